The fraction of sp³-hybridized carbons (Fsp3) is 0.917. The zero-order valence-corrected chi connectivity index (χ0v) is 11.3. The second kappa shape index (κ2) is 8.01. The fourth-order valence-corrected chi connectivity index (χ4v) is 2.61. The van der Waals surface area contributed by atoms with Crippen molar-refractivity contribution in [3.63, 3.8) is 0 Å². The van der Waals surface area contributed by atoms with Crippen LogP contribution in [0.2, 0.25) is 0 Å². The number of nitriles is 1. The molecule has 2 atom stereocenters. The normalized spacial score (nSPS) is 16.7. The molecular weight excluding hydrogens is 204 g/mol. The highest BCUT2D eigenvalue weighted by Gasteiger charge is 2.21. The SMILES string of the molecule is CCNC(C)(C#N)CCSCC(C)CC. The first-order chi connectivity index (χ1) is 7.08. The van der Waals surface area contributed by atoms with Crippen molar-refractivity contribution in [3.8, 4) is 6.07 Å². The topological polar surface area (TPSA) is 35.8 Å². The van der Waals surface area contributed by atoms with E-state index in [1.165, 1.54) is 12.2 Å². The van der Waals surface area contributed by atoms with Crippen LogP contribution in [-0.2, 0) is 0 Å². The minimum Gasteiger partial charge on any atom is -0.300 e. The van der Waals surface area contributed by atoms with Gasteiger partial charge in [-0.3, -0.25) is 5.32 Å². The Hall–Kier alpha value is -0.200. The van der Waals surface area contributed by atoms with E-state index >= 15 is 0 Å². The van der Waals surface area contributed by atoms with Crippen LogP contribution in [0.5, 0.6) is 0 Å². The molecule has 0 aliphatic rings. The Bertz CT molecular complexity index is 200. The second-order valence-corrected chi connectivity index (χ2v) is 5.46. The molecule has 88 valence electrons. The molecule has 0 aromatic heterocycles. The Morgan fingerprint density at radius 3 is 2.60 bits per heavy atom. The number of nitrogens with zero attached hydrogens (tertiary/aromatic N) is 1. The van der Waals surface area contributed by atoms with E-state index < -0.39 is 0 Å². The van der Waals surface area contributed by atoms with E-state index in [4.69, 9.17) is 5.26 Å². The molecule has 0 rings (SSSR count). The summed E-state index contributed by atoms with van der Waals surface area (Å²) >= 11 is 1.96. The van der Waals surface area contributed by atoms with Gasteiger partial charge in [0, 0.05) is 0 Å². The smallest absolute Gasteiger partial charge is 0.104 e. The molecule has 0 aromatic carbocycles. The van der Waals surface area contributed by atoms with Crippen LogP contribution in [0.4, 0.5) is 0 Å². The average Bonchev–Trinajstić information content (AvgIpc) is 2.24. The van der Waals surface area contributed by atoms with E-state index in [1.807, 2.05) is 25.6 Å². The molecular formula is C12H24N2S. The molecule has 0 amide bonds. The monoisotopic (exact) mass is 228 g/mol. The van der Waals surface area contributed by atoms with E-state index in [0.717, 1.165) is 24.6 Å². The molecule has 0 saturated carbocycles. The molecule has 0 heterocycles. The first kappa shape index (κ1) is 14.8. The summed E-state index contributed by atoms with van der Waals surface area (Å²) in [7, 11) is 0. The van der Waals surface area contributed by atoms with Gasteiger partial charge in [-0.25, -0.2) is 0 Å². The van der Waals surface area contributed by atoms with Crippen LogP contribution < -0.4 is 5.32 Å². The first-order valence-corrected chi connectivity index (χ1v) is 6.97. The lowest BCUT2D eigenvalue weighted by molar-refractivity contribution is 0.450. The van der Waals surface area contributed by atoms with Gasteiger partial charge in [0.15, 0.2) is 0 Å². The van der Waals surface area contributed by atoms with Crippen molar-refractivity contribution >= 4 is 11.8 Å². The van der Waals surface area contributed by atoms with Crippen molar-refractivity contribution in [2.24, 2.45) is 5.92 Å². The Morgan fingerprint density at radius 2 is 2.13 bits per heavy atom. The summed E-state index contributed by atoms with van der Waals surface area (Å²) < 4.78 is 0. The summed E-state index contributed by atoms with van der Waals surface area (Å²) in [4.78, 5) is 0. The van der Waals surface area contributed by atoms with Crippen molar-refractivity contribution in [2.45, 2.75) is 46.1 Å². The minimum absolute atomic E-state index is 0.336. The fourth-order valence-electron chi connectivity index (χ4n) is 1.25. The van der Waals surface area contributed by atoms with Gasteiger partial charge < -0.3 is 0 Å². The first-order valence-electron chi connectivity index (χ1n) is 5.82. The van der Waals surface area contributed by atoms with Gasteiger partial charge in [-0.15, -0.1) is 0 Å². The van der Waals surface area contributed by atoms with Gasteiger partial charge in [0.2, 0.25) is 0 Å². The Balaban J connectivity index is 3.69. The molecule has 3 heteroatoms. The van der Waals surface area contributed by atoms with E-state index in [2.05, 4.69) is 25.2 Å². The van der Waals surface area contributed by atoms with Crippen LogP contribution in [0.15, 0.2) is 0 Å². The Labute approximate surface area is 98.8 Å². The highest BCUT2D eigenvalue weighted by molar-refractivity contribution is 7.99. The molecule has 2 nitrogen and oxygen atoms in total. The maximum Gasteiger partial charge on any atom is 0.104 e. The van der Waals surface area contributed by atoms with Gasteiger partial charge in [-0.1, -0.05) is 27.2 Å². The van der Waals surface area contributed by atoms with Gasteiger partial charge >= 0.3 is 0 Å². The maximum absolute atomic E-state index is 9.05. The van der Waals surface area contributed by atoms with Gasteiger partial charge in [0.1, 0.15) is 5.54 Å². The molecule has 0 aliphatic carbocycles. The third-order valence-electron chi connectivity index (χ3n) is 2.66. The summed E-state index contributed by atoms with van der Waals surface area (Å²) in [6, 6.07) is 2.36. The molecule has 1 N–H and O–H groups in total. The van der Waals surface area contributed by atoms with Gasteiger partial charge in [0.05, 0.1) is 6.07 Å². The van der Waals surface area contributed by atoms with E-state index in [0.29, 0.717) is 0 Å². The maximum atomic E-state index is 9.05. The van der Waals surface area contributed by atoms with Crippen molar-refractivity contribution in [2.75, 3.05) is 18.1 Å². The number of rotatable bonds is 8. The third-order valence-corrected chi connectivity index (χ3v) is 3.96. The minimum atomic E-state index is -0.336. The average molecular weight is 228 g/mol. The molecule has 0 radical (unpaired) electrons. The summed E-state index contributed by atoms with van der Waals surface area (Å²) in [5.74, 6) is 3.08. The van der Waals surface area contributed by atoms with Crippen molar-refractivity contribution in [3.05, 3.63) is 0 Å². The molecule has 0 saturated heterocycles. The number of hydrogen-bond donors (Lipinski definition) is 1. The summed E-state index contributed by atoms with van der Waals surface area (Å²) in [6.07, 6.45) is 2.17. The largest absolute Gasteiger partial charge is 0.300 e. The van der Waals surface area contributed by atoms with Crippen LogP contribution >= 0.6 is 11.8 Å². The number of nitrogens with one attached hydrogen (secondary N) is 1. The van der Waals surface area contributed by atoms with E-state index in [-0.39, 0.29) is 5.54 Å². The van der Waals surface area contributed by atoms with Crippen LogP contribution in [0, 0.1) is 17.2 Å². The van der Waals surface area contributed by atoms with Crippen LogP contribution in [0.1, 0.15) is 40.5 Å². The lowest BCUT2D eigenvalue weighted by Crippen LogP contribution is -2.41. The summed E-state index contributed by atoms with van der Waals surface area (Å²) in [5, 5.41) is 12.3. The van der Waals surface area contributed by atoms with Crippen molar-refractivity contribution in [1.82, 2.24) is 5.32 Å². The quantitative estimate of drug-likeness (QED) is 0.649. The zero-order chi connectivity index (χ0) is 11.7. The van der Waals surface area contributed by atoms with Crippen molar-refractivity contribution < 1.29 is 0 Å². The van der Waals surface area contributed by atoms with Gasteiger partial charge in [-0.05, 0) is 37.3 Å². The van der Waals surface area contributed by atoms with Gasteiger partial charge in [0.25, 0.3) is 0 Å². The molecule has 0 spiro atoms. The zero-order valence-electron chi connectivity index (χ0n) is 10.5. The lowest BCUT2D eigenvalue weighted by atomic mass is 10.0. The summed E-state index contributed by atoms with van der Waals surface area (Å²) in [5.41, 5.74) is -0.336. The molecule has 15 heavy (non-hydrogen) atoms. The van der Waals surface area contributed by atoms with Crippen LogP contribution in [0.25, 0.3) is 0 Å². The van der Waals surface area contributed by atoms with Crippen LogP contribution in [0.3, 0.4) is 0 Å². The van der Waals surface area contributed by atoms with Crippen LogP contribution in [-0.4, -0.2) is 23.6 Å². The lowest BCUT2D eigenvalue weighted by Gasteiger charge is -2.22. The molecule has 2 unspecified atom stereocenters. The highest BCUT2D eigenvalue weighted by Crippen LogP contribution is 2.16. The van der Waals surface area contributed by atoms with Crippen molar-refractivity contribution in [1.29, 1.82) is 5.26 Å². The standard InChI is InChI=1S/C12H24N2S/c1-5-11(3)9-15-8-7-12(4,10-13)14-6-2/h11,14H,5-9H2,1-4H3. The van der Waals surface area contributed by atoms with E-state index in [1.54, 1.807) is 0 Å². The second-order valence-electron chi connectivity index (χ2n) is 4.31. The Kier molecular flexibility index (Phi) is 7.90. The molecule has 0 fully saturated rings. The third kappa shape index (κ3) is 6.81. The van der Waals surface area contributed by atoms with Gasteiger partial charge in [-0.2, -0.15) is 17.0 Å². The molecule has 0 aliphatic heterocycles. The predicted molar refractivity (Wildman–Crippen MR) is 69.1 cm³/mol. The molecule has 0 aromatic rings. The highest BCUT2D eigenvalue weighted by atomic mass is 32.2. The predicted octanol–water partition coefficient (Wildman–Crippen LogP) is 3.05. The Morgan fingerprint density at radius 1 is 1.47 bits per heavy atom. The van der Waals surface area contributed by atoms with E-state index in [9.17, 15) is 0 Å². The summed E-state index contributed by atoms with van der Waals surface area (Å²) in [6.45, 7) is 9.40. The number of hydrogen-bond acceptors (Lipinski definition) is 3. The number of thioether (sulfide) groups is 1. The molecule has 0 bridgehead atoms.